The minimum Gasteiger partial charge on any atom is -0.497 e. The first-order valence-corrected chi connectivity index (χ1v) is 9.27. The van der Waals surface area contributed by atoms with Gasteiger partial charge in [-0.2, -0.15) is 10.4 Å². The molecule has 6 nitrogen and oxygen atoms in total. The molecule has 0 unspecified atom stereocenters. The van der Waals surface area contributed by atoms with Crippen molar-refractivity contribution in [3.05, 3.63) is 71.4 Å². The first-order valence-electron chi connectivity index (χ1n) is 9.27. The van der Waals surface area contributed by atoms with Crippen LogP contribution in [-0.2, 0) is 4.79 Å². The molecule has 0 saturated heterocycles. The second kappa shape index (κ2) is 8.89. The van der Waals surface area contributed by atoms with Crippen LogP contribution in [-0.4, -0.2) is 29.3 Å². The molecule has 0 fully saturated rings. The second-order valence-corrected chi connectivity index (χ2v) is 6.42. The normalized spacial score (nSPS) is 11.0. The van der Waals surface area contributed by atoms with E-state index in [1.165, 1.54) is 0 Å². The second-order valence-electron chi connectivity index (χ2n) is 6.42. The van der Waals surface area contributed by atoms with E-state index < -0.39 is 5.91 Å². The number of benzene rings is 2. The van der Waals surface area contributed by atoms with Crippen molar-refractivity contribution in [1.29, 1.82) is 5.26 Å². The zero-order chi connectivity index (χ0) is 20.8. The monoisotopic (exact) mass is 386 g/mol. The Hall–Kier alpha value is -3.85. The molecule has 1 N–H and O–H groups in total. The quantitative estimate of drug-likeness (QED) is 0.515. The number of para-hydroxylation sites is 1. The molecular weight excluding hydrogens is 364 g/mol. The van der Waals surface area contributed by atoms with Gasteiger partial charge in [0.15, 0.2) is 0 Å². The molecule has 0 aliphatic heterocycles. The molecule has 0 aliphatic rings. The average molecular weight is 386 g/mol. The van der Waals surface area contributed by atoms with Gasteiger partial charge in [0.05, 0.1) is 12.8 Å². The highest BCUT2D eigenvalue weighted by atomic mass is 16.5. The summed E-state index contributed by atoms with van der Waals surface area (Å²) in [5.41, 5.74) is 4.17. The summed E-state index contributed by atoms with van der Waals surface area (Å²) < 4.78 is 7.05. The van der Waals surface area contributed by atoms with Crippen LogP contribution in [0.4, 0.5) is 0 Å². The molecule has 1 aromatic heterocycles. The van der Waals surface area contributed by atoms with Crippen molar-refractivity contribution in [1.82, 2.24) is 15.1 Å². The smallest absolute Gasteiger partial charge is 0.261 e. The van der Waals surface area contributed by atoms with Crippen LogP contribution in [0.5, 0.6) is 5.75 Å². The fraction of sp³-hybridized carbons (Fsp3) is 0.174. The maximum absolute atomic E-state index is 12.2. The zero-order valence-electron chi connectivity index (χ0n) is 16.6. The molecule has 1 amide bonds. The first-order chi connectivity index (χ1) is 14.1. The van der Waals surface area contributed by atoms with Crippen LogP contribution < -0.4 is 10.1 Å². The van der Waals surface area contributed by atoms with Gasteiger partial charge in [0.2, 0.25) is 0 Å². The third-order valence-corrected chi connectivity index (χ3v) is 4.45. The van der Waals surface area contributed by atoms with E-state index >= 15 is 0 Å². The third kappa shape index (κ3) is 4.36. The fourth-order valence-electron chi connectivity index (χ4n) is 3.00. The molecule has 6 heteroatoms. The number of carbonyl (C=O) groups is 1. The summed E-state index contributed by atoms with van der Waals surface area (Å²) in [7, 11) is 1.62. The number of nitriles is 1. The summed E-state index contributed by atoms with van der Waals surface area (Å²) in [6.07, 6.45) is 3.40. The lowest BCUT2D eigenvalue weighted by molar-refractivity contribution is -0.116. The topological polar surface area (TPSA) is 79.9 Å². The molecule has 0 spiro atoms. The molecule has 146 valence electrons. The van der Waals surface area contributed by atoms with E-state index in [1.54, 1.807) is 17.9 Å². The predicted molar refractivity (Wildman–Crippen MR) is 113 cm³/mol. The number of carbonyl (C=O) groups excluding carboxylic acids is 1. The lowest BCUT2D eigenvalue weighted by Crippen LogP contribution is -2.23. The largest absolute Gasteiger partial charge is 0.497 e. The van der Waals surface area contributed by atoms with Crippen molar-refractivity contribution in [2.24, 2.45) is 0 Å². The fourth-order valence-corrected chi connectivity index (χ4v) is 3.00. The lowest BCUT2D eigenvalue weighted by atomic mass is 10.0. The molecule has 0 atom stereocenters. The van der Waals surface area contributed by atoms with E-state index in [-0.39, 0.29) is 5.57 Å². The number of methoxy groups -OCH3 is 1. The molecular formula is C23H22N4O2. The summed E-state index contributed by atoms with van der Waals surface area (Å²) in [5.74, 6) is 0.353. The molecule has 3 rings (SSSR count). The number of likely N-dealkylation sites (N-methyl/N-ethyl adjacent to an activating group) is 1. The summed E-state index contributed by atoms with van der Waals surface area (Å²) in [4.78, 5) is 12.2. The van der Waals surface area contributed by atoms with Crippen LogP contribution in [0.15, 0.2) is 60.3 Å². The van der Waals surface area contributed by atoms with Crippen LogP contribution in [0.1, 0.15) is 18.1 Å². The molecule has 0 aliphatic carbocycles. The number of hydrogen-bond donors (Lipinski definition) is 1. The van der Waals surface area contributed by atoms with E-state index in [2.05, 4.69) is 5.32 Å². The maximum Gasteiger partial charge on any atom is 0.261 e. The van der Waals surface area contributed by atoms with Crippen molar-refractivity contribution in [2.45, 2.75) is 13.8 Å². The number of amides is 1. The molecule has 2 aromatic carbocycles. The van der Waals surface area contributed by atoms with E-state index in [0.29, 0.717) is 17.8 Å². The van der Waals surface area contributed by atoms with Crippen LogP contribution >= 0.6 is 0 Å². The van der Waals surface area contributed by atoms with Crippen molar-refractivity contribution in [3.63, 3.8) is 0 Å². The minimum absolute atomic E-state index is 0.0341. The van der Waals surface area contributed by atoms with Crippen LogP contribution in [0, 0.1) is 18.3 Å². The Morgan fingerprint density at radius 1 is 1.28 bits per heavy atom. The first kappa shape index (κ1) is 19.9. The maximum atomic E-state index is 12.2. The zero-order valence-corrected chi connectivity index (χ0v) is 16.6. The van der Waals surface area contributed by atoms with Gasteiger partial charge >= 0.3 is 0 Å². The number of hydrogen-bond acceptors (Lipinski definition) is 4. The molecule has 3 aromatic rings. The minimum atomic E-state index is -0.403. The van der Waals surface area contributed by atoms with Crippen LogP contribution in [0.2, 0.25) is 0 Å². The van der Waals surface area contributed by atoms with Gasteiger partial charge in [-0.15, -0.1) is 0 Å². The molecule has 0 bridgehead atoms. The Morgan fingerprint density at radius 2 is 2.03 bits per heavy atom. The van der Waals surface area contributed by atoms with Gasteiger partial charge in [-0.25, -0.2) is 4.68 Å². The van der Waals surface area contributed by atoms with Gasteiger partial charge < -0.3 is 10.1 Å². The Kier molecular flexibility index (Phi) is 6.10. The summed E-state index contributed by atoms with van der Waals surface area (Å²) in [6, 6.07) is 17.4. The van der Waals surface area contributed by atoms with Crippen molar-refractivity contribution >= 4 is 12.0 Å². The van der Waals surface area contributed by atoms with Crippen molar-refractivity contribution < 1.29 is 9.53 Å². The van der Waals surface area contributed by atoms with Crippen LogP contribution in [0.3, 0.4) is 0 Å². The number of rotatable bonds is 6. The van der Waals surface area contributed by atoms with Crippen LogP contribution in [0.25, 0.3) is 23.0 Å². The Bertz CT molecular complexity index is 1090. The number of aromatic nitrogens is 2. The molecule has 1 heterocycles. The highest BCUT2D eigenvalue weighted by molar-refractivity contribution is 6.02. The number of nitrogens with one attached hydrogen (secondary N) is 1. The lowest BCUT2D eigenvalue weighted by Gasteiger charge is -2.07. The van der Waals surface area contributed by atoms with E-state index in [4.69, 9.17) is 9.84 Å². The van der Waals surface area contributed by atoms with E-state index in [0.717, 1.165) is 22.6 Å². The third-order valence-electron chi connectivity index (χ3n) is 4.45. The molecule has 0 saturated carbocycles. The Morgan fingerprint density at radius 3 is 2.66 bits per heavy atom. The summed E-state index contributed by atoms with van der Waals surface area (Å²) in [6.45, 7) is 4.24. The summed E-state index contributed by atoms with van der Waals surface area (Å²) >= 11 is 0. The Labute approximate surface area is 170 Å². The predicted octanol–water partition coefficient (Wildman–Crippen LogP) is 3.90. The average Bonchev–Trinajstić information content (AvgIpc) is 3.16. The van der Waals surface area contributed by atoms with Gasteiger partial charge in [-0.05, 0) is 55.8 Å². The number of nitrogens with zero attached hydrogens (tertiary/aromatic N) is 3. The van der Waals surface area contributed by atoms with Gasteiger partial charge in [0.1, 0.15) is 23.1 Å². The SMILES string of the molecule is CCNC(=O)C(C#N)=Cc1cn(-c2ccccc2)nc1-c1ccc(OC)cc1C. The van der Waals surface area contributed by atoms with Crippen molar-refractivity contribution in [3.8, 4) is 28.8 Å². The van der Waals surface area contributed by atoms with Gasteiger partial charge in [0.25, 0.3) is 5.91 Å². The van der Waals surface area contributed by atoms with E-state index in [9.17, 15) is 10.1 Å². The standard InChI is InChI=1S/C23H22N4O2/c1-4-25-23(28)17(14-24)13-18-15-27(19-8-6-5-7-9-19)26-22(18)21-11-10-20(29-3)12-16(21)2/h5-13,15H,4H2,1-3H3,(H,25,28). The highest BCUT2D eigenvalue weighted by Gasteiger charge is 2.16. The van der Waals surface area contributed by atoms with Gasteiger partial charge in [-0.1, -0.05) is 18.2 Å². The number of aryl methyl sites for hydroxylation is 1. The molecule has 0 radical (unpaired) electrons. The van der Waals surface area contributed by atoms with E-state index in [1.807, 2.05) is 74.6 Å². The number of ether oxygens (including phenoxy) is 1. The summed E-state index contributed by atoms with van der Waals surface area (Å²) in [5, 5.41) is 16.9. The highest BCUT2D eigenvalue weighted by Crippen LogP contribution is 2.30. The Balaban J connectivity index is 2.17. The van der Waals surface area contributed by atoms with Crippen molar-refractivity contribution in [2.75, 3.05) is 13.7 Å². The van der Waals surface area contributed by atoms with Gasteiger partial charge in [0, 0.05) is 23.9 Å². The van der Waals surface area contributed by atoms with Gasteiger partial charge in [-0.3, -0.25) is 4.79 Å². The molecule has 29 heavy (non-hydrogen) atoms.